The predicted octanol–water partition coefficient (Wildman–Crippen LogP) is 4.36. The molecule has 1 saturated heterocycles. The van der Waals surface area contributed by atoms with Crippen LogP contribution in [0.4, 0.5) is 0 Å². The molecule has 220 valence electrons. The lowest BCUT2D eigenvalue weighted by Crippen LogP contribution is -2.59. The summed E-state index contributed by atoms with van der Waals surface area (Å²) in [6, 6.07) is 34.0. The maximum atomic E-state index is 16.1. The van der Waals surface area contributed by atoms with E-state index in [0.717, 1.165) is 0 Å². The van der Waals surface area contributed by atoms with Crippen LogP contribution in [-0.2, 0) is 39.8 Å². The third-order valence-corrected chi connectivity index (χ3v) is 11.5. The van der Waals surface area contributed by atoms with Crippen LogP contribution in [0.1, 0.15) is 17.2 Å². The molecule has 0 saturated carbocycles. The van der Waals surface area contributed by atoms with Crippen molar-refractivity contribution in [3.8, 4) is 0 Å². The van der Waals surface area contributed by atoms with Crippen molar-refractivity contribution in [2.75, 3.05) is 14.2 Å². The number of methoxy groups -OCH3 is 2. The summed E-state index contributed by atoms with van der Waals surface area (Å²) in [6.07, 6.45) is 0. The number of nitrogens with one attached hydrogen (secondary N) is 1. The average Bonchev–Trinajstić information content (AvgIpc) is 3.45. The Labute approximate surface area is 250 Å². The van der Waals surface area contributed by atoms with E-state index in [2.05, 4.69) is 5.32 Å². The Balaban J connectivity index is 1.83. The van der Waals surface area contributed by atoms with Crippen LogP contribution in [0, 0.1) is 11.8 Å². The summed E-state index contributed by atoms with van der Waals surface area (Å²) in [5, 5.41) is 1.62. The Morgan fingerprint density at radius 3 is 1.65 bits per heavy atom. The molecule has 1 aliphatic rings. The van der Waals surface area contributed by atoms with E-state index >= 15 is 4.57 Å². The zero-order chi connectivity index (χ0) is 30.5. The molecule has 1 fully saturated rings. The van der Waals surface area contributed by atoms with E-state index in [-0.39, 0.29) is 6.61 Å². The van der Waals surface area contributed by atoms with Gasteiger partial charge in [-0.2, -0.15) is 0 Å². The van der Waals surface area contributed by atoms with Crippen molar-refractivity contribution in [2.45, 2.75) is 17.9 Å². The van der Waals surface area contributed by atoms with E-state index in [1.54, 1.807) is 97.1 Å². The first-order chi connectivity index (χ1) is 20.9. The molecule has 0 radical (unpaired) electrons. The molecule has 4 atom stereocenters. The summed E-state index contributed by atoms with van der Waals surface area (Å²) in [7, 11) is -1.86. The minimum absolute atomic E-state index is 0.153. The highest BCUT2D eigenvalue weighted by atomic mass is 31.2. The van der Waals surface area contributed by atoms with Crippen LogP contribution in [0.3, 0.4) is 0 Å². The maximum Gasteiger partial charge on any atom is 0.336 e. The molecular formula is C34H32NO7P. The molecule has 0 bridgehead atoms. The van der Waals surface area contributed by atoms with Gasteiger partial charge in [0, 0.05) is 16.7 Å². The van der Waals surface area contributed by atoms with Crippen molar-refractivity contribution in [1.82, 2.24) is 5.32 Å². The van der Waals surface area contributed by atoms with Crippen molar-refractivity contribution >= 4 is 35.7 Å². The molecule has 0 aromatic heterocycles. The van der Waals surface area contributed by atoms with Gasteiger partial charge in [-0.25, -0.2) is 4.79 Å². The first kappa shape index (κ1) is 30.0. The van der Waals surface area contributed by atoms with E-state index in [4.69, 9.17) is 14.2 Å². The lowest BCUT2D eigenvalue weighted by molar-refractivity contribution is -0.162. The van der Waals surface area contributed by atoms with Crippen LogP contribution in [0.25, 0.3) is 0 Å². The smallest absolute Gasteiger partial charge is 0.336 e. The van der Waals surface area contributed by atoms with Crippen molar-refractivity contribution in [1.29, 1.82) is 0 Å². The number of carbonyl (C=O) groups is 3. The van der Waals surface area contributed by atoms with Crippen molar-refractivity contribution in [2.24, 2.45) is 11.8 Å². The molecule has 5 rings (SSSR count). The van der Waals surface area contributed by atoms with E-state index in [0.29, 0.717) is 21.7 Å². The zero-order valence-corrected chi connectivity index (χ0v) is 24.7. The van der Waals surface area contributed by atoms with Gasteiger partial charge in [-0.15, -0.1) is 0 Å². The third-order valence-electron chi connectivity index (χ3n) is 7.89. The Hall–Kier alpha value is -4.52. The number of ether oxygens (including phenoxy) is 3. The van der Waals surface area contributed by atoms with Crippen molar-refractivity contribution in [3.63, 3.8) is 0 Å². The minimum Gasteiger partial charge on any atom is -0.469 e. The number of carbonyl (C=O) groups excluding carboxylic acids is 3. The van der Waals surface area contributed by atoms with Gasteiger partial charge in [0.1, 0.15) is 12.5 Å². The molecule has 43 heavy (non-hydrogen) atoms. The second-order valence-electron chi connectivity index (χ2n) is 10.2. The SMILES string of the molecule is COC(=O)[C@H]1[C@@H](C(=O)OC)[C@@](C(=O)OCc2ccccc2)(P(=O)(c2ccccc2)c2ccccc2)N[C@H]1c1ccccc1. The summed E-state index contributed by atoms with van der Waals surface area (Å²) in [6.45, 7) is -0.153. The molecule has 0 spiro atoms. The Bertz CT molecular complexity index is 1570. The van der Waals surface area contributed by atoms with Crippen LogP contribution in [0.2, 0.25) is 0 Å². The highest BCUT2D eigenvalue weighted by Crippen LogP contribution is 2.65. The maximum absolute atomic E-state index is 16.1. The lowest BCUT2D eigenvalue weighted by Gasteiger charge is -2.40. The second-order valence-corrected chi connectivity index (χ2v) is 13.1. The molecule has 0 amide bonds. The van der Waals surface area contributed by atoms with Gasteiger partial charge in [0.05, 0.1) is 20.1 Å². The molecule has 8 nitrogen and oxygen atoms in total. The van der Waals surface area contributed by atoms with Gasteiger partial charge >= 0.3 is 17.9 Å². The average molecular weight is 598 g/mol. The summed E-state index contributed by atoms with van der Waals surface area (Å²) >= 11 is 0. The quantitative estimate of drug-likeness (QED) is 0.172. The van der Waals surface area contributed by atoms with Crippen molar-refractivity contribution in [3.05, 3.63) is 132 Å². The summed E-state index contributed by atoms with van der Waals surface area (Å²) < 4.78 is 32.5. The van der Waals surface area contributed by atoms with Gasteiger partial charge < -0.3 is 18.8 Å². The molecule has 0 unspecified atom stereocenters. The van der Waals surface area contributed by atoms with Gasteiger partial charge in [0.15, 0.2) is 12.4 Å². The van der Waals surface area contributed by atoms with Crippen LogP contribution in [0.5, 0.6) is 0 Å². The van der Waals surface area contributed by atoms with Gasteiger partial charge in [0.25, 0.3) is 0 Å². The summed E-state index contributed by atoms with van der Waals surface area (Å²) in [5.74, 6) is -5.49. The summed E-state index contributed by atoms with van der Waals surface area (Å²) in [5.41, 5.74) is 1.29. The Morgan fingerprint density at radius 2 is 1.16 bits per heavy atom. The van der Waals surface area contributed by atoms with E-state index in [1.165, 1.54) is 14.2 Å². The number of esters is 3. The molecule has 0 aliphatic carbocycles. The fourth-order valence-corrected chi connectivity index (χ4v) is 9.54. The number of hydrogen-bond acceptors (Lipinski definition) is 8. The fourth-order valence-electron chi connectivity index (χ4n) is 5.94. The van der Waals surface area contributed by atoms with Crippen LogP contribution in [-0.4, -0.2) is 37.4 Å². The first-order valence-electron chi connectivity index (χ1n) is 13.8. The number of benzene rings is 4. The molecule has 1 aliphatic heterocycles. The third kappa shape index (κ3) is 5.29. The standard InChI is InChI=1S/C34H32NO7P/c1-40-31(36)28-29(32(37)41-2)34(35-30(28)25-17-9-4-10-18-25,33(38)42-23-24-15-7-3-8-16-24)43(39,26-19-11-5-12-20-26)27-21-13-6-14-22-27/h3-22,28-30,35H,23H2,1-2H3/t28-,29-,30-,34-/m0/s1. The van der Waals surface area contributed by atoms with Crippen LogP contribution < -0.4 is 15.9 Å². The summed E-state index contributed by atoms with van der Waals surface area (Å²) in [4.78, 5) is 42.3. The van der Waals surface area contributed by atoms with Gasteiger partial charge in [-0.3, -0.25) is 14.9 Å². The fraction of sp³-hybridized carbons (Fsp3) is 0.206. The van der Waals surface area contributed by atoms with E-state index in [1.807, 2.05) is 24.3 Å². The highest BCUT2D eigenvalue weighted by Gasteiger charge is 2.73. The molecule has 1 N–H and O–H groups in total. The van der Waals surface area contributed by atoms with Crippen LogP contribution in [0.15, 0.2) is 121 Å². The van der Waals surface area contributed by atoms with E-state index in [9.17, 15) is 14.4 Å². The highest BCUT2D eigenvalue weighted by molar-refractivity contribution is 7.81. The zero-order valence-electron chi connectivity index (χ0n) is 23.8. The Kier molecular flexibility index (Phi) is 8.90. The minimum atomic E-state index is -4.24. The van der Waals surface area contributed by atoms with Gasteiger partial charge in [0.2, 0.25) is 0 Å². The number of hydrogen-bond donors (Lipinski definition) is 1. The second kappa shape index (κ2) is 12.8. The van der Waals surface area contributed by atoms with Gasteiger partial charge in [-0.05, 0) is 11.1 Å². The van der Waals surface area contributed by atoms with Crippen molar-refractivity contribution < 1.29 is 33.2 Å². The largest absolute Gasteiger partial charge is 0.469 e. The van der Waals surface area contributed by atoms with Crippen LogP contribution >= 0.6 is 7.14 Å². The van der Waals surface area contributed by atoms with E-state index < -0.39 is 48.2 Å². The van der Waals surface area contributed by atoms with Gasteiger partial charge in [-0.1, -0.05) is 121 Å². The Morgan fingerprint density at radius 1 is 0.698 bits per heavy atom. The topological polar surface area (TPSA) is 108 Å². The molecule has 4 aromatic rings. The monoisotopic (exact) mass is 597 g/mol. The lowest BCUT2D eigenvalue weighted by atomic mass is 9.84. The first-order valence-corrected chi connectivity index (χ1v) is 15.5. The molecule has 1 heterocycles. The molecular weight excluding hydrogens is 565 g/mol. The molecule has 4 aromatic carbocycles. The molecule has 9 heteroatoms. The predicted molar refractivity (Wildman–Crippen MR) is 162 cm³/mol. The normalized spacial score (nSPS) is 21.5. The number of rotatable bonds is 9.